The molecule has 5 heteroatoms. The van der Waals surface area contributed by atoms with Gasteiger partial charge in [0.25, 0.3) is 0 Å². The van der Waals surface area contributed by atoms with Crippen LogP contribution in [-0.4, -0.2) is 14.3 Å². The fourth-order valence-corrected chi connectivity index (χ4v) is 2.58. The van der Waals surface area contributed by atoms with Crippen LogP contribution in [0.1, 0.15) is 0 Å². The number of nitrogens with zero attached hydrogens (tertiary/aromatic N) is 3. The largest absolute Gasteiger partial charge is 0.235 e. The molecule has 3 aromatic rings. The lowest BCUT2D eigenvalue weighted by Crippen LogP contribution is -1.77. The molecule has 0 aliphatic carbocycles. The molecule has 0 amide bonds. The van der Waals surface area contributed by atoms with E-state index >= 15 is 0 Å². The smallest absolute Gasteiger partial charge is 0.116 e. The summed E-state index contributed by atoms with van der Waals surface area (Å²) in [4.78, 5) is 9.28. The standard InChI is InChI=1S/C9H5N3S2/c13-7-3-6-8(11-4-10-6)9-5(7)1-2-12-14-9/h1-4,13H. The van der Waals surface area contributed by atoms with Gasteiger partial charge in [-0.3, -0.25) is 0 Å². The third-order valence-electron chi connectivity index (χ3n) is 2.08. The predicted molar refractivity (Wildman–Crippen MR) is 60.0 cm³/mol. The van der Waals surface area contributed by atoms with E-state index in [9.17, 15) is 0 Å². The lowest BCUT2D eigenvalue weighted by atomic mass is 10.2. The van der Waals surface area contributed by atoms with Crippen LogP contribution in [0.4, 0.5) is 0 Å². The van der Waals surface area contributed by atoms with Gasteiger partial charge < -0.3 is 0 Å². The second kappa shape index (κ2) is 2.90. The summed E-state index contributed by atoms with van der Waals surface area (Å²) in [5.41, 5.74) is 1.79. The Bertz CT molecular complexity index is 618. The fourth-order valence-electron chi connectivity index (χ4n) is 1.45. The maximum Gasteiger partial charge on any atom is 0.116 e. The van der Waals surface area contributed by atoms with E-state index in [2.05, 4.69) is 27.0 Å². The minimum atomic E-state index is 0.881. The highest BCUT2D eigenvalue weighted by atomic mass is 32.1. The van der Waals surface area contributed by atoms with E-state index in [1.54, 1.807) is 12.5 Å². The van der Waals surface area contributed by atoms with Gasteiger partial charge in [0.2, 0.25) is 0 Å². The predicted octanol–water partition coefficient (Wildman–Crippen LogP) is 2.53. The van der Waals surface area contributed by atoms with Gasteiger partial charge in [0.15, 0.2) is 0 Å². The van der Waals surface area contributed by atoms with Crippen molar-refractivity contribution in [2.24, 2.45) is 0 Å². The first-order valence-corrected chi connectivity index (χ1v) is 5.25. The van der Waals surface area contributed by atoms with Crippen LogP contribution in [0.15, 0.2) is 29.6 Å². The molecule has 0 aliphatic rings. The number of rotatable bonds is 0. The second-order valence-electron chi connectivity index (χ2n) is 2.89. The number of aromatic nitrogens is 3. The van der Waals surface area contributed by atoms with Gasteiger partial charge in [-0.1, -0.05) is 0 Å². The number of benzene rings is 1. The van der Waals surface area contributed by atoms with Crippen LogP contribution in [-0.2, 0) is 0 Å². The summed E-state index contributed by atoms with van der Waals surface area (Å²) in [6.07, 6.45) is 3.34. The zero-order valence-electron chi connectivity index (χ0n) is 7.01. The Hall–Kier alpha value is -1.20. The molecular formula is C9H5N3S2. The van der Waals surface area contributed by atoms with Gasteiger partial charge in [-0.2, -0.15) is 0 Å². The molecule has 3 rings (SSSR count). The number of hydrogen-bond acceptors (Lipinski definition) is 5. The summed E-state index contributed by atoms with van der Waals surface area (Å²) in [6.45, 7) is 0. The van der Waals surface area contributed by atoms with Crippen molar-refractivity contribution in [1.82, 2.24) is 14.3 Å². The summed E-state index contributed by atoms with van der Waals surface area (Å²) in [5.74, 6) is 0. The molecule has 0 aliphatic heterocycles. The minimum Gasteiger partial charge on any atom is -0.235 e. The molecule has 0 N–H and O–H groups in total. The Balaban J connectivity index is 2.67. The lowest BCUT2D eigenvalue weighted by molar-refractivity contribution is 1.34. The highest BCUT2D eigenvalue weighted by Crippen LogP contribution is 2.29. The lowest BCUT2D eigenvalue weighted by Gasteiger charge is -1.99. The van der Waals surface area contributed by atoms with E-state index in [-0.39, 0.29) is 0 Å². The van der Waals surface area contributed by atoms with E-state index < -0.39 is 0 Å². The molecule has 0 unspecified atom stereocenters. The van der Waals surface area contributed by atoms with Crippen LogP contribution in [0.5, 0.6) is 0 Å². The van der Waals surface area contributed by atoms with Crippen LogP contribution >= 0.6 is 24.2 Å². The van der Waals surface area contributed by atoms with Crippen molar-refractivity contribution in [3.8, 4) is 0 Å². The summed E-state index contributed by atoms with van der Waals surface area (Å²) >= 11 is 5.84. The van der Waals surface area contributed by atoms with Crippen molar-refractivity contribution in [1.29, 1.82) is 0 Å². The van der Waals surface area contributed by atoms with E-state index in [0.717, 1.165) is 26.0 Å². The van der Waals surface area contributed by atoms with Crippen molar-refractivity contribution < 1.29 is 0 Å². The van der Waals surface area contributed by atoms with Crippen LogP contribution in [0.25, 0.3) is 21.1 Å². The van der Waals surface area contributed by atoms with Crippen molar-refractivity contribution in [2.75, 3.05) is 0 Å². The van der Waals surface area contributed by atoms with Gasteiger partial charge in [0.05, 0.1) is 10.2 Å². The third-order valence-corrected chi connectivity index (χ3v) is 3.27. The highest BCUT2D eigenvalue weighted by Gasteiger charge is 2.07. The normalized spacial score (nSPS) is 11.2. The van der Waals surface area contributed by atoms with E-state index in [1.165, 1.54) is 11.5 Å². The van der Waals surface area contributed by atoms with Crippen molar-refractivity contribution >= 4 is 45.3 Å². The molecule has 2 aromatic heterocycles. The molecule has 0 radical (unpaired) electrons. The molecule has 1 aromatic carbocycles. The van der Waals surface area contributed by atoms with Gasteiger partial charge in [-0.15, -0.1) is 12.6 Å². The number of hydrogen-bond donors (Lipinski definition) is 1. The van der Waals surface area contributed by atoms with Crippen LogP contribution < -0.4 is 0 Å². The Kier molecular flexibility index (Phi) is 1.68. The molecule has 0 saturated heterocycles. The minimum absolute atomic E-state index is 0.881. The monoisotopic (exact) mass is 219 g/mol. The maximum absolute atomic E-state index is 4.41. The summed E-state index contributed by atoms with van der Waals surface area (Å²) in [5, 5.41) is 1.08. The van der Waals surface area contributed by atoms with Gasteiger partial charge in [0, 0.05) is 16.5 Å². The average Bonchev–Trinajstić information content (AvgIpc) is 2.66. The molecule has 0 atom stereocenters. The highest BCUT2D eigenvalue weighted by molar-refractivity contribution is 7.80. The Morgan fingerprint density at radius 2 is 2.21 bits per heavy atom. The SMILES string of the molecule is Sc1cc2ncnc2c2snccc12. The first kappa shape index (κ1) is 8.14. The molecule has 68 valence electrons. The number of fused-ring (bicyclic) bond motifs is 3. The molecule has 0 saturated carbocycles. The topological polar surface area (TPSA) is 38.7 Å². The number of thiol groups is 1. The number of imidazole rings is 1. The third kappa shape index (κ3) is 1.03. The van der Waals surface area contributed by atoms with Crippen LogP contribution in [0.2, 0.25) is 0 Å². The van der Waals surface area contributed by atoms with Crippen LogP contribution in [0, 0.1) is 0 Å². The van der Waals surface area contributed by atoms with Crippen LogP contribution in [0.3, 0.4) is 0 Å². The quantitative estimate of drug-likeness (QED) is 0.590. The maximum atomic E-state index is 4.41. The van der Waals surface area contributed by atoms with Gasteiger partial charge >= 0.3 is 0 Å². The Morgan fingerprint density at radius 3 is 3.14 bits per heavy atom. The zero-order valence-corrected chi connectivity index (χ0v) is 8.72. The first-order chi connectivity index (χ1) is 6.86. The van der Waals surface area contributed by atoms with E-state index in [4.69, 9.17) is 0 Å². The summed E-state index contributed by atoms with van der Waals surface area (Å²) < 4.78 is 5.17. The second-order valence-corrected chi connectivity index (χ2v) is 4.18. The summed E-state index contributed by atoms with van der Waals surface area (Å²) in [6, 6.07) is 3.88. The van der Waals surface area contributed by atoms with Crippen molar-refractivity contribution in [3.63, 3.8) is 0 Å². The molecular weight excluding hydrogens is 214 g/mol. The first-order valence-electron chi connectivity index (χ1n) is 4.03. The fraction of sp³-hybridized carbons (Fsp3) is 0. The molecule has 0 bridgehead atoms. The van der Waals surface area contributed by atoms with Gasteiger partial charge in [-0.05, 0) is 23.7 Å². The van der Waals surface area contributed by atoms with E-state index in [0.29, 0.717) is 0 Å². The van der Waals surface area contributed by atoms with Gasteiger partial charge in [0.1, 0.15) is 11.8 Å². The van der Waals surface area contributed by atoms with Crippen molar-refractivity contribution in [2.45, 2.75) is 4.90 Å². The summed E-state index contributed by atoms with van der Waals surface area (Å²) in [7, 11) is 0. The van der Waals surface area contributed by atoms with E-state index in [1.807, 2.05) is 12.1 Å². The van der Waals surface area contributed by atoms with Crippen molar-refractivity contribution in [3.05, 3.63) is 24.7 Å². The Labute approximate surface area is 89.4 Å². The zero-order chi connectivity index (χ0) is 9.54. The molecule has 2 heterocycles. The molecule has 0 fully saturated rings. The van der Waals surface area contributed by atoms with Gasteiger partial charge in [-0.25, -0.2) is 14.3 Å². The average molecular weight is 219 g/mol. The molecule has 0 spiro atoms. The Morgan fingerprint density at radius 1 is 1.29 bits per heavy atom. The molecule has 14 heavy (non-hydrogen) atoms. The molecule has 3 nitrogen and oxygen atoms in total.